The topological polar surface area (TPSA) is 20.3 Å². The highest BCUT2D eigenvalue weighted by Crippen LogP contribution is 2.28. The first kappa shape index (κ1) is 12.9. The smallest absolute Gasteiger partial charge is 0.258 e. The Morgan fingerprint density at radius 3 is 2.50 bits per heavy atom. The zero-order valence-corrected chi connectivity index (χ0v) is 11.8. The van der Waals surface area contributed by atoms with Gasteiger partial charge in [-0.05, 0) is 42.2 Å². The lowest BCUT2D eigenvalue weighted by molar-refractivity contribution is 0.0996. The quantitative estimate of drug-likeness (QED) is 0.811. The molecule has 3 rings (SSSR count). The van der Waals surface area contributed by atoms with E-state index in [1.165, 1.54) is 18.4 Å². The van der Waals surface area contributed by atoms with Crippen LogP contribution in [0.2, 0.25) is 0 Å². The van der Waals surface area contributed by atoms with Crippen LogP contribution in [-0.4, -0.2) is 5.91 Å². The first-order valence-electron chi connectivity index (χ1n) is 7.28. The molecule has 0 saturated carbocycles. The third-order valence-electron chi connectivity index (χ3n) is 3.89. The van der Waals surface area contributed by atoms with Crippen molar-refractivity contribution in [3.05, 3.63) is 65.2 Å². The van der Waals surface area contributed by atoms with Gasteiger partial charge in [-0.25, -0.2) is 0 Å². The molecule has 0 aromatic heterocycles. The average Bonchev–Trinajstić information content (AvgIpc) is 2.83. The summed E-state index contributed by atoms with van der Waals surface area (Å²) in [4.78, 5) is 14.2. The Morgan fingerprint density at radius 2 is 1.80 bits per heavy atom. The maximum absolute atomic E-state index is 12.4. The van der Waals surface area contributed by atoms with Gasteiger partial charge in [-0.1, -0.05) is 43.7 Å². The second-order valence-electron chi connectivity index (χ2n) is 5.32. The summed E-state index contributed by atoms with van der Waals surface area (Å²) in [6, 6.07) is 16.3. The van der Waals surface area contributed by atoms with Gasteiger partial charge >= 0.3 is 0 Å². The maximum Gasteiger partial charge on any atom is 0.258 e. The van der Waals surface area contributed by atoms with Crippen LogP contribution in [0.3, 0.4) is 0 Å². The number of fused-ring (bicyclic) bond motifs is 1. The van der Waals surface area contributed by atoms with E-state index in [1.807, 2.05) is 29.2 Å². The van der Waals surface area contributed by atoms with Crippen LogP contribution in [0.5, 0.6) is 0 Å². The van der Waals surface area contributed by atoms with E-state index in [1.54, 1.807) is 0 Å². The monoisotopic (exact) mass is 265 g/mol. The van der Waals surface area contributed by atoms with Crippen LogP contribution in [0.1, 0.15) is 41.3 Å². The molecule has 20 heavy (non-hydrogen) atoms. The van der Waals surface area contributed by atoms with Crippen molar-refractivity contribution in [1.82, 2.24) is 0 Å². The van der Waals surface area contributed by atoms with E-state index >= 15 is 0 Å². The molecule has 1 aliphatic heterocycles. The van der Waals surface area contributed by atoms with Crippen molar-refractivity contribution in [3.63, 3.8) is 0 Å². The molecule has 0 aliphatic carbocycles. The molecule has 2 heteroatoms. The van der Waals surface area contributed by atoms with Crippen molar-refractivity contribution in [2.24, 2.45) is 0 Å². The Kier molecular flexibility index (Phi) is 3.55. The summed E-state index contributed by atoms with van der Waals surface area (Å²) in [5.41, 5.74) is 4.29. The van der Waals surface area contributed by atoms with Gasteiger partial charge in [0.1, 0.15) is 0 Å². The zero-order valence-electron chi connectivity index (χ0n) is 11.8. The third-order valence-corrected chi connectivity index (χ3v) is 3.89. The SMILES string of the molecule is CCCCc1ccc(N2Cc3ccccc3C2=O)cc1. The predicted octanol–water partition coefficient (Wildman–Crippen LogP) is 4.19. The number of carbonyl (C=O) groups is 1. The van der Waals surface area contributed by atoms with E-state index in [9.17, 15) is 4.79 Å². The fraction of sp³-hybridized carbons (Fsp3) is 0.278. The molecule has 0 atom stereocenters. The molecule has 1 aliphatic rings. The summed E-state index contributed by atoms with van der Waals surface area (Å²) >= 11 is 0. The predicted molar refractivity (Wildman–Crippen MR) is 82.0 cm³/mol. The van der Waals surface area contributed by atoms with Crippen LogP contribution in [-0.2, 0) is 13.0 Å². The zero-order chi connectivity index (χ0) is 13.9. The van der Waals surface area contributed by atoms with E-state index in [-0.39, 0.29) is 5.91 Å². The Balaban J connectivity index is 1.80. The number of nitrogens with zero attached hydrogens (tertiary/aromatic N) is 1. The molecule has 1 heterocycles. The molecule has 0 bridgehead atoms. The lowest BCUT2D eigenvalue weighted by Gasteiger charge is -2.16. The van der Waals surface area contributed by atoms with Gasteiger partial charge in [0.2, 0.25) is 0 Å². The summed E-state index contributed by atoms with van der Waals surface area (Å²) < 4.78 is 0. The fourth-order valence-electron chi connectivity index (χ4n) is 2.69. The Hall–Kier alpha value is -2.09. The molecule has 0 spiro atoms. The summed E-state index contributed by atoms with van der Waals surface area (Å²) in [7, 11) is 0. The number of amides is 1. The van der Waals surface area contributed by atoms with Gasteiger partial charge in [0.05, 0.1) is 6.54 Å². The van der Waals surface area contributed by atoms with E-state index in [4.69, 9.17) is 0 Å². The van der Waals surface area contributed by atoms with Crippen molar-refractivity contribution in [2.75, 3.05) is 4.90 Å². The molecule has 0 unspecified atom stereocenters. The number of rotatable bonds is 4. The highest BCUT2D eigenvalue weighted by atomic mass is 16.2. The molecule has 0 N–H and O–H groups in total. The number of aryl methyl sites for hydroxylation is 1. The maximum atomic E-state index is 12.4. The van der Waals surface area contributed by atoms with E-state index in [2.05, 4.69) is 31.2 Å². The number of anilines is 1. The Labute approximate surface area is 120 Å². The van der Waals surface area contributed by atoms with E-state index in [0.29, 0.717) is 6.54 Å². The van der Waals surface area contributed by atoms with Gasteiger partial charge in [0.15, 0.2) is 0 Å². The van der Waals surface area contributed by atoms with Gasteiger partial charge in [-0.3, -0.25) is 4.79 Å². The molecule has 0 radical (unpaired) electrons. The van der Waals surface area contributed by atoms with Crippen LogP contribution in [0, 0.1) is 0 Å². The fourth-order valence-corrected chi connectivity index (χ4v) is 2.69. The largest absolute Gasteiger partial charge is 0.304 e. The molecule has 1 amide bonds. The molecular weight excluding hydrogens is 246 g/mol. The minimum absolute atomic E-state index is 0.113. The van der Waals surface area contributed by atoms with Crippen LogP contribution >= 0.6 is 0 Å². The summed E-state index contributed by atoms with van der Waals surface area (Å²) in [6.07, 6.45) is 3.54. The number of unbranched alkanes of at least 4 members (excludes halogenated alkanes) is 1. The standard InChI is InChI=1S/C18H19NO/c1-2-3-6-14-9-11-16(12-10-14)19-13-15-7-4-5-8-17(15)18(19)20/h4-5,7-12H,2-3,6,13H2,1H3. The van der Waals surface area contributed by atoms with Gasteiger partial charge in [0.25, 0.3) is 5.91 Å². The number of carbonyl (C=O) groups excluding carboxylic acids is 1. The Bertz CT molecular complexity index is 616. The summed E-state index contributed by atoms with van der Waals surface area (Å²) in [5.74, 6) is 0.113. The first-order valence-corrected chi connectivity index (χ1v) is 7.28. The summed E-state index contributed by atoms with van der Waals surface area (Å²) in [5, 5.41) is 0. The molecule has 0 saturated heterocycles. The van der Waals surface area contributed by atoms with Crippen molar-refractivity contribution in [3.8, 4) is 0 Å². The van der Waals surface area contributed by atoms with Crippen molar-refractivity contribution in [2.45, 2.75) is 32.7 Å². The molecule has 2 nitrogen and oxygen atoms in total. The lowest BCUT2D eigenvalue weighted by atomic mass is 10.1. The minimum Gasteiger partial charge on any atom is -0.304 e. The second kappa shape index (κ2) is 5.49. The van der Waals surface area contributed by atoms with Gasteiger partial charge < -0.3 is 4.90 Å². The first-order chi connectivity index (χ1) is 9.79. The van der Waals surface area contributed by atoms with Crippen LogP contribution < -0.4 is 4.90 Å². The normalized spacial score (nSPS) is 13.7. The minimum atomic E-state index is 0.113. The highest BCUT2D eigenvalue weighted by molar-refractivity contribution is 6.09. The van der Waals surface area contributed by atoms with E-state index < -0.39 is 0 Å². The second-order valence-corrected chi connectivity index (χ2v) is 5.32. The van der Waals surface area contributed by atoms with Crippen molar-refractivity contribution in [1.29, 1.82) is 0 Å². The molecular formula is C18H19NO. The van der Waals surface area contributed by atoms with Crippen LogP contribution in [0.15, 0.2) is 48.5 Å². The molecule has 0 fully saturated rings. The van der Waals surface area contributed by atoms with Gasteiger partial charge in [-0.15, -0.1) is 0 Å². The molecule has 2 aromatic rings. The highest BCUT2D eigenvalue weighted by Gasteiger charge is 2.27. The lowest BCUT2D eigenvalue weighted by Crippen LogP contribution is -2.22. The van der Waals surface area contributed by atoms with Gasteiger partial charge in [0, 0.05) is 11.3 Å². The third kappa shape index (κ3) is 2.34. The molecule has 2 aromatic carbocycles. The van der Waals surface area contributed by atoms with Gasteiger partial charge in [-0.2, -0.15) is 0 Å². The van der Waals surface area contributed by atoms with E-state index in [0.717, 1.165) is 23.2 Å². The van der Waals surface area contributed by atoms with Crippen LogP contribution in [0.4, 0.5) is 5.69 Å². The van der Waals surface area contributed by atoms with Crippen LogP contribution in [0.25, 0.3) is 0 Å². The average molecular weight is 265 g/mol. The number of hydrogen-bond acceptors (Lipinski definition) is 1. The van der Waals surface area contributed by atoms with Crippen molar-refractivity contribution < 1.29 is 4.79 Å². The number of benzene rings is 2. The number of hydrogen-bond donors (Lipinski definition) is 0. The summed E-state index contributed by atoms with van der Waals surface area (Å²) in [6.45, 7) is 2.89. The Morgan fingerprint density at radius 1 is 1.05 bits per heavy atom. The van der Waals surface area contributed by atoms with Crippen molar-refractivity contribution >= 4 is 11.6 Å². The molecule has 102 valence electrons.